The van der Waals surface area contributed by atoms with Gasteiger partial charge in [0, 0.05) is 10.0 Å². The van der Waals surface area contributed by atoms with Crippen LogP contribution in [0.3, 0.4) is 0 Å². The van der Waals surface area contributed by atoms with Gasteiger partial charge in [-0.15, -0.1) is 0 Å². The van der Waals surface area contributed by atoms with Crippen LogP contribution < -0.4 is 5.32 Å². The summed E-state index contributed by atoms with van der Waals surface area (Å²) >= 11 is 11.9. The fraction of sp³-hybridized carbons (Fsp3) is 0.300. The first-order valence-corrected chi connectivity index (χ1v) is 11.2. The molecule has 3 rings (SSSR count). The second-order valence-electron chi connectivity index (χ2n) is 6.70. The maximum atomic E-state index is 13.5. The summed E-state index contributed by atoms with van der Waals surface area (Å²) in [5.41, 5.74) is 1.00. The third kappa shape index (κ3) is 4.18. The molecule has 0 aliphatic carbocycles. The van der Waals surface area contributed by atoms with Crippen molar-refractivity contribution >= 4 is 45.0 Å². The molecule has 160 valence electrons. The smallest absolute Gasteiger partial charge is 0.326 e. The van der Waals surface area contributed by atoms with Gasteiger partial charge in [-0.2, -0.15) is 0 Å². The van der Waals surface area contributed by atoms with Crippen molar-refractivity contribution in [2.75, 3.05) is 14.2 Å². The molecule has 0 amide bonds. The van der Waals surface area contributed by atoms with E-state index >= 15 is 0 Å². The molecular weight excluding hydrogens is 453 g/mol. The lowest BCUT2D eigenvalue weighted by atomic mass is 9.96. The molecule has 0 radical (unpaired) electrons. The van der Waals surface area contributed by atoms with Gasteiger partial charge in [0.15, 0.2) is 20.3 Å². The summed E-state index contributed by atoms with van der Waals surface area (Å²) in [6.07, 6.45) is 0. The Labute approximate surface area is 184 Å². The summed E-state index contributed by atoms with van der Waals surface area (Å²) in [7, 11) is -2.19. The van der Waals surface area contributed by atoms with E-state index < -0.39 is 44.4 Å². The summed E-state index contributed by atoms with van der Waals surface area (Å²) < 4.78 is 36.6. The zero-order chi connectivity index (χ0) is 22.1. The predicted molar refractivity (Wildman–Crippen MR) is 112 cm³/mol. The Morgan fingerprint density at radius 2 is 1.10 bits per heavy atom. The van der Waals surface area contributed by atoms with Crippen molar-refractivity contribution < 1.29 is 27.5 Å². The molecule has 10 heteroatoms. The molecule has 0 aromatic heterocycles. The van der Waals surface area contributed by atoms with E-state index in [-0.39, 0.29) is 0 Å². The molecule has 1 N–H and O–H groups in total. The van der Waals surface area contributed by atoms with Crippen molar-refractivity contribution in [1.29, 1.82) is 0 Å². The highest BCUT2D eigenvalue weighted by atomic mass is 35.5. The van der Waals surface area contributed by atoms with E-state index in [0.717, 1.165) is 14.2 Å². The monoisotopic (exact) mass is 471 g/mol. The third-order valence-corrected chi connectivity index (χ3v) is 7.85. The summed E-state index contributed by atoms with van der Waals surface area (Å²) in [6, 6.07) is 10.8. The van der Waals surface area contributed by atoms with Crippen LogP contribution in [0.2, 0.25) is 10.0 Å². The van der Waals surface area contributed by atoms with Crippen LogP contribution in [0, 0.1) is 0 Å². The number of hydrogen-bond donors (Lipinski definition) is 1. The minimum Gasteiger partial charge on any atom is -0.468 e. The third-order valence-electron chi connectivity index (χ3n) is 5.00. The number of ether oxygens (including phenoxy) is 2. The molecule has 1 heterocycles. The fourth-order valence-corrected chi connectivity index (χ4v) is 6.09. The number of nitrogens with one attached hydrogen (secondary N) is 1. The molecule has 1 aliphatic rings. The molecule has 1 aliphatic heterocycles. The predicted octanol–water partition coefficient (Wildman–Crippen LogP) is 2.88. The van der Waals surface area contributed by atoms with Gasteiger partial charge in [0.05, 0.1) is 26.3 Å². The van der Waals surface area contributed by atoms with Crippen molar-refractivity contribution in [3.05, 3.63) is 69.7 Å². The van der Waals surface area contributed by atoms with Crippen LogP contribution in [0.4, 0.5) is 0 Å². The zero-order valence-electron chi connectivity index (χ0n) is 16.0. The first-order valence-electron chi connectivity index (χ1n) is 8.86. The van der Waals surface area contributed by atoms with Gasteiger partial charge in [0.1, 0.15) is 0 Å². The number of benzene rings is 2. The lowest BCUT2D eigenvalue weighted by Gasteiger charge is -2.40. The van der Waals surface area contributed by atoms with Crippen molar-refractivity contribution in [3.8, 4) is 0 Å². The van der Waals surface area contributed by atoms with Crippen LogP contribution in [0.5, 0.6) is 0 Å². The van der Waals surface area contributed by atoms with Crippen LogP contribution in [0.1, 0.15) is 23.2 Å². The Hall–Kier alpha value is -2.13. The molecule has 0 unspecified atom stereocenters. The highest BCUT2D eigenvalue weighted by molar-refractivity contribution is 7.94. The average molecular weight is 472 g/mol. The molecule has 0 spiro atoms. The van der Waals surface area contributed by atoms with E-state index in [2.05, 4.69) is 5.32 Å². The number of rotatable bonds is 4. The van der Waals surface area contributed by atoms with E-state index in [1.807, 2.05) is 0 Å². The number of carbonyl (C=O) groups excluding carboxylic acids is 2. The standard InChI is InChI=1S/C20H19Cl2NO6S/c1-28-19(24)17-15(11-3-7-13(21)8-4-11)23-16(12-5-9-14(22)10-6-12)18(20(25)29-2)30(17,26)27/h3-10,15-18,23H,1-2H3/t15-,16-,17-,18+/m0/s1. The van der Waals surface area contributed by atoms with Gasteiger partial charge in [-0.3, -0.25) is 14.9 Å². The van der Waals surface area contributed by atoms with Gasteiger partial charge in [-0.05, 0) is 35.4 Å². The van der Waals surface area contributed by atoms with Gasteiger partial charge >= 0.3 is 11.9 Å². The van der Waals surface area contributed by atoms with Gasteiger partial charge in [0.2, 0.25) is 0 Å². The van der Waals surface area contributed by atoms with Gasteiger partial charge in [-0.25, -0.2) is 8.42 Å². The number of hydrogen-bond acceptors (Lipinski definition) is 7. The normalized spacial score (nSPS) is 25.3. The van der Waals surface area contributed by atoms with Crippen LogP contribution in [-0.2, 0) is 28.9 Å². The average Bonchev–Trinajstić information content (AvgIpc) is 2.72. The summed E-state index contributed by atoms with van der Waals surface area (Å²) in [4.78, 5) is 25.1. The van der Waals surface area contributed by atoms with E-state index in [0.29, 0.717) is 21.2 Å². The van der Waals surface area contributed by atoms with Gasteiger partial charge in [0.25, 0.3) is 0 Å². The van der Waals surface area contributed by atoms with Crippen molar-refractivity contribution in [1.82, 2.24) is 5.32 Å². The van der Waals surface area contributed by atoms with Crippen molar-refractivity contribution in [2.24, 2.45) is 0 Å². The van der Waals surface area contributed by atoms with E-state index in [1.165, 1.54) is 0 Å². The van der Waals surface area contributed by atoms with Gasteiger partial charge < -0.3 is 9.47 Å². The zero-order valence-corrected chi connectivity index (χ0v) is 18.4. The number of esters is 2. The molecule has 1 fully saturated rings. The maximum Gasteiger partial charge on any atom is 0.326 e. The second-order valence-corrected chi connectivity index (χ2v) is 9.77. The van der Waals surface area contributed by atoms with Crippen molar-refractivity contribution in [2.45, 2.75) is 22.6 Å². The number of methoxy groups -OCH3 is 2. The molecule has 0 bridgehead atoms. The fourth-order valence-electron chi connectivity index (χ4n) is 3.56. The lowest BCUT2D eigenvalue weighted by Crippen LogP contribution is -2.59. The maximum absolute atomic E-state index is 13.5. The molecule has 7 nitrogen and oxygen atoms in total. The summed E-state index contributed by atoms with van der Waals surface area (Å²) in [5, 5.41) is 0.737. The Balaban J connectivity index is 2.20. The quantitative estimate of drug-likeness (QED) is 0.684. The molecular formula is C20H19Cl2NO6S. The van der Waals surface area contributed by atoms with E-state index in [4.69, 9.17) is 32.7 Å². The summed E-state index contributed by atoms with van der Waals surface area (Å²) in [5.74, 6) is -1.96. The first kappa shape index (κ1) is 22.6. The molecule has 0 saturated carbocycles. The minimum atomic E-state index is -4.38. The van der Waals surface area contributed by atoms with E-state index in [9.17, 15) is 18.0 Å². The summed E-state index contributed by atoms with van der Waals surface area (Å²) in [6.45, 7) is 0. The number of sulfone groups is 1. The van der Waals surface area contributed by atoms with Crippen LogP contribution in [0.15, 0.2) is 48.5 Å². The SMILES string of the molecule is COC(=O)[C@@H]1[C@H](c2ccc(Cl)cc2)N[C@@H](c2ccc(Cl)cc2)[C@H](C(=O)OC)S1(=O)=O. The van der Waals surface area contributed by atoms with Crippen LogP contribution >= 0.6 is 23.2 Å². The van der Waals surface area contributed by atoms with Crippen LogP contribution in [0.25, 0.3) is 0 Å². The Bertz CT molecular complexity index is 962. The lowest BCUT2D eigenvalue weighted by molar-refractivity contribution is -0.142. The van der Waals surface area contributed by atoms with Crippen LogP contribution in [-0.4, -0.2) is 45.1 Å². The highest BCUT2D eigenvalue weighted by Crippen LogP contribution is 2.39. The number of halogens is 2. The Kier molecular flexibility index (Phi) is 6.71. The molecule has 2 aromatic rings. The minimum absolute atomic E-state index is 0.453. The number of carbonyl (C=O) groups is 2. The molecule has 2 aromatic carbocycles. The second kappa shape index (κ2) is 8.93. The Morgan fingerprint density at radius 3 is 1.40 bits per heavy atom. The Morgan fingerprint density at radius 1 is 0.767 bits per heavy atom. The van der Waals surface area contributed by atoms with Crippen molar-refractivity contribution in [3.63, 3.8) is 0 Å². The molecule has 30 heavy (non-hydrogen) atoms. The molecule has 1 saturated heterocycles. The largest absolute Gasteiger partial charge is 0.468 e. The first-order chi connectivity index (χ1) is 14.2. The highest BCUT2D eigenvalue weighted by Gasteiger charge is 2.56. The van der Waals surface area contributed by atoms with E-state index in [1.54, 1.807) is 48.5 Å². The molecule has 4 atom stereocenters. The topological polar surface area (TPSA) is 98.8 Å². The van der Waals surface area contributed by atoms with Gasteiger partial charge in [-0.1, -0.05) is 47.5 Å².